The molecule has 1 aliphatic carbocycles. The van der Waals surface area contributed by atoms with Gasteiger partial charge in [-0.15, -0.1) is 11.3 Å². The van der Waals surface area contributed by atoms with Gasteiger partial charge in [0, 0.05) is 12.3 Å². The van der Waals surface area contributed by atoms with E-state index in [-0.39, 0.29) is 5.97 Å². The number of hydrogen-bond donors (Lipinski definition) is 0. The van der Waals surface area contributed by atoms with Crippen LogP contribution < -0.4 is 0 Å². The van der Waals surface area contributed by atoms with Crippen LogP contribution in [0.2, 0.25) is 0 Å². The maximum Gasteiger partial charge on any atom is 0.306 e. The number of esters is 1. The summed E-state index contributed by atoms with van der Waals surface area (Å²) in [5.74, 6) is 2.28. The predicted octanol–water partition coefficient (Wildman–Crippen LogP) is 5.58. The number of ether oxygens (including phenoxy) is 1. The largest absolute Gasteiger partial charge is 0.460 e. The Bertz CT molecular complexity index is 703. The molecule has 6 heteroatoms. The average molecular weight is 377 g/mol. The van der Waals surface area contributed by atoms with Gasteiger partial charge in [-0.25, -0.2) is 0 Å². The molecule has 1 aliphatic rings. The van der Waals surface area contributed by atoms with E-state index < -0.39 is 5.60 Å². The van der Waals surface area contributed by atoms with Gasteiger partial charge in [-0.2, -0.15) is 4.98 Å². The second kappa shape index (κ2) is 8.33. The summed E-state index contributed by atoms with van der Waals surface area (Å²) in [5.41, 5.74) is -0.399. The molecule has 5 nitrogen and oxygen atoms in total. The Morgan fingerprint density at radius 1 is 1.31 bits per heavy atom. The van der Waals surface area contributed by atoms with Crippen LogP contribution in [-0.2, 0) is 9.53 Å². The Hall–Kier alpha value is -1.69. The van der Waals surface area contributed by atoms with Crippen LogP contribution in [0.1, 0.15) is 77.5 Å². The average Bonchev–Trinajstić information content (AvgIpc) is 3.19. The van der Waals surface area contributed by atoms with Gasteiger partial charge >= 0.3 is 5.97 Å². The number of rotatable bonds is 5. The first-order chi connectivity index (χ1) is 12.4. The van der Waals surface area contributed by atoms with Crippen LogP contribution in [-0.4, -0.2) is 21.7 Å². The second-order valence-corrected chi connectivity index (χ2v) is 9.08. The van der Waals surface area contributed by atoms with Gasteiger partial charge in [0.15, 0.2) is 0 Å². The number of nitrogens with zero attached hydrogens (tertiary/aromatic N) is 2. The third-order valence-corrected chi connectivity index (χ3v) is 5.66. The second-order valence-electron chi connectivity index (χ2n) is 8.13. The van der Waals surface area contributed by atoms with Crippen molar-refractivity contribution in [3.63, 3.8) is 0 Å². The molecule has 0 N–H and O–H groups in total. The van der Waals surface area contributed by atoms with Crippen LogP contribution in [0.3, 0.4) is 0 Å². The zero-order chi connectivity index (χ0) is 18.6. The van der Waals surface area contributed by atoms with Crippen molar-refractivity contribution in [1.29, 1.82) is 0 Å². The fourth-order valence-corrected chi connectivity index (χ4v) is 4.18. The summed E-state index contributed by atoms with van der Waals surface area (Å²) in [5, 5.41) is 6.16. The molecule has 2 atom stereocenters. The molecule has 2 unspecified atom stereocenters. The summed E-state index contributed by atoms with van der Waals surface area (Å²) in [6.07, 6.45) is 6.94. The minimum atomic E-state index is -0.399. The lowest BCUT2D eigenvalue weighted by Gasteiger charge is -2.20. The van der Waals surface area contributed by atoms with Gasteiger partial charge in [-0.1, -0.05) is 24.1 Å². The van der Waals surface area contributed by atoms with Crippen LogP contribution >= 0.6 is 11.3 Å². The van der Waals surface area contributed by atoms with Crippen LogP contribution in [0.4, 0.5) is 0 Å². The number of hydrogen-bond acceptors (Lipinski definition) is 6. The first-order valence-electron chi connectivity index (χ1n) is 9.50. The molecule has 0 amide bonds. The van der Waals surface area contributed by atoms with Gasteiger partial charge in [-0.3, -0.25) is 4.79 Å². The SMILES string of the molecule is CC(C)(C)OC(=O)CCC1CCCC(c2nc(-c3cccs3)no2)CC1. The Morgan fingerprint density at radius 3 is 2.88 bits per heavy atom. The normalized spacial score (nSPS) is 21.3. The van der Waals surface area contributed by atoms with E-state index in [1.807, 2.05) is 38.3 Å². The molecular weight excluding hydrogens is 348 g/mol. The summed E-state index contributed by atoms with van der Waals surface area (Å²) >= 11 is 1.62. The molecule has 26 heavy (non-hydrogen) atoms. The molecule has 1 fully saturated rings. The Morgan fingerprint density at radius 2 is 2.15 bits per heavy atom. The Balaban J connectivity index is 1.50. The van der Waals surface area contributed by atoms with Crippen LogP contribution in [0.15, 0.2) is 22.0 Å². The third kappa shape index (κ3) is 5.40. The molecule has 142 valence electrons. The van der Waals surface area contributed by atoms with Gasteiger partial charge < -0.3 is 9.26 Å². The van der Waals surface area contributed by atoms with Crippen LogP contribution in [0.25, 0.3) is 10.7 Å². The highest BCUT2D eigenvalue weighted by atomic mass is 32.1. The first-order valence-corrected chi connectivity index (χ1v) is 10.4. The lowest BCUT2D eigenvalue weighted by Crippen LogP contribution is -2.24. The first kappa shape index (κ1) is 19.1. The van der Waals surface area contributed by atoms with Gasteiger partial charge in [0.25, 0.3) is 0 Å². The van der Waals surface area contributed by atoms with Crippen molar-refractivity contribution in [2.45, 2.75) is 77.2 Å². The molecule has 0 bridgehead atoms. The number of aromatic nitrogens is 2. The molecule has 2 heterocycles. The van der Waals surface area contributed by atoms with Crippen molar-refractivity contribution in [2.75, 3.05) is 0 Å². The summed E-state index contributed by atoms with van der Waals surface area (Å²) < 4.78 is 11.0. The highest BCUT2D eigenvalue weighted by Crippen LogP contribution is 2.36. The summed E-state index contributed by atoms with van der Waals surface area (Å²) in [6, 6.07) is 4.01. The molecule has 0 aromatic carbocycles. The number of carbonyl (C=O) groups is 1. The van der Waals surface area contributed by atoms with Crippen molar-refractivity contribution in [3.8, 4) is 10.7 Å². The van der Waals surface area contributed by atoms with E-state index in [1.54, 1.807) is 11.3 Å². The zero-order valence-electron chi connectivity index (χ0n) is 15.9. The van der Waals surface area contributed by atoms with E-state index in [1.165, 1.54) is 0 Å². The fourth-order valence-electron chi connectivity index (χ4n) is 3.54. The van der Waals surface area contributed by atoms with Gasteiger partial charge in [-0.05, 0) is 63.8 Å². The molecule has 2 aromatic rings. The van der Waals surface area contributed by atoms with Crippen molar-refractivity contribution >= 4 is 17.3 Å². The van der Waals surface area contributed by atoms with E-state index in [4.69, 9.17) is 9.26 Å². The monoisotopic (exact) mass is 376 g/mol. The maximum atomic E-state index is 11.9. The van der Waals surface area contributed by atoms with Crippen LogP contribution in [0, 0.1) is 5.92 Å². The topological polar surface area (TPSA) is 65.2 Å². The van der Waals surface area contributed by atoms with Gasteiger partial charge in [0.2, 0.25) is 11.7 Å². The van der Waals surface area contributed by atoms with Gasteiger partial charge in [0.05, 0.1) is 4.88 Å². The summed E-state index contributed by atoms with van der Waals surface area (Å²) in [7, 11) is 0. The molecule has 0 saturated heterocycles. The number of thiophene rings is 1. The molecule has 0 aliphatic heterocycles. The molecule has 1 saturated carbocycles. The molecular formula is C20H28N2O3S. The quantitative estimate of drug-likeness (QED) is 0.503. The molecule has 2 aromatic heterocycles. The van der Waals surface area contributed by atoms with Crippen molar-refractivity contribution in [3.05, 3.63) is 23.4 Å². The highest BCUT2D eigenvalue weighted by molar-refractivity contribution is 7.13. The van der Waals surface area contributed by atoms with E-state index in [0.717, 1.165) is 49.3 Å². The van der Waals surface area contributed by atoms with Crippen molar-refractivity contribution in [2.24, 2.45) is 5.92 Å². The number of carbonyl (C=O) groups excluding carboxylic acids is 1. The zero-order valence-corrected chi connectivity index (χ0v) is 16.7. The van der Waals surface area contributed by atoms with Crippen LogP contribution in [0.5, 0.6) is 0 Å². The smallest absolute Gasteiger partial charge is 0.306 e. The van der Waals surface area contributed by atoms with E-state index in [9.17, 15) is 4.79 Å². The van der Waals surface area contributed by atoms with Gasteiger partial charge in [0.1, 0.15) is 5.60 Å². The lowest BCUT2D eigenvalue weighted by atomic mass is 9.94. The molecule has 3 rings (SSSR count). The third-order valence-electron chi connectivity index (χ3n) is 4.80. The predicted molar refractivity (Wildman–Crippen MR) is 102 cm³/mol. The minimum Gasteiger partial charge on any atom is -0.460 e. The maximum absolute atomic E-state index is 11.9. The highest BCUT2D eigenvalue weighted by Gasteiger charge is 2.25. The lowest BCUT2D eigenvalue weighted by molar-refractivity contribution is -0.155. The molecule has 0 spiro atoms. The van der Waals surface area contributed by atoms with E-state index in [0.29, 0.717) is 24.1 Å². The van der Waals surface area contributed by atoms with E-state index >= 15 is 0 Å². The van der Waals surface area contributed by atoms with Crippen molar-refractivity contribution in [1.82, 2.24) is 10.1 Å². The molecule has 0 radical (unpaired) electrons. The van der Waals surface area contributed by atoms with E-state index in [2.05, 4.69) is 10.1 Å². The fraction of sp³-hybridized carbons (Fsp3) is 0.650. The summed E-state index contributed by atoms with van der Waals surface area (Å²) in [4.78, 5) is 17.6. The Labute approximate surface area is 159 Å². The summed E-state index contributed by atoms with van der Waals surface area (Å²) in [6.45, 7) is 5.74. The minimum absolute atomic E-state index is 0.0872. The standard InChI is InChI=1S/C20H28N2O3S/c1-20(2,3)24-17(23)12-10-14-6-4-7-15(11-9-14)19-21-18(22-25-19)16-8-5-13-26-16/h5,8,13-15H,4,6-7,9-12H2,1-3H3. The Kier molecular flexibility index (Phi) is 6.12. The van der Waals surface area contributed by atoms with Crippen molar-refractivity contribution < 1.29 is 14.1 Å².